The number of carbonyl (C=O) groups is 3. The molecule has 0 aromatic heterocycles. The van der Waals surface area contributed by atoms with Gasteiger partial charge in [-0.25, -0.2) is 9.59 Å². The van der Waals surface area contributed by atoms with Crippen molar-refractivity contribution < 1.29 is 28.3 Å². The lowest BCUT2D eigenvalue weighted by molar-refractivity contribution is -0.146. The topological polar surface area (TPSA) is 94.2 Å². The maximum absolute atomic E-state index is 14.1. The zero-order valence-corrected chi connectivity index (χ0v) is 28.7. The van der Waals surface area contributed by atoms with Crippen molar-refractivity contribution in [3.05, 3.63) is 65.7 Å². The Hall–Kier alpha value is -3.33. The lowest BCUT2D eigenvalue weighted by Gasteiger charge is -2.49. The van der Waals surface area contributed by atoms with E-state index in [1.165, 1.54) is 12.0 Å². The van der Waals surface area contributed by atoms with Crippen LogP contribution >= 0.6 is 0 Å². The molecule has 0 radical (unpaired) electrons. The van der Waals surface area contributed by atoms with Crippen molar-refractivity contribution in [3.8, 4) is 5.75 Å². The molecule has 3 rings (SSSR count). The number of ether oxygens (including phenoxy) is 2. The van der Waals surface area contributed by atoms with Crippen molar-refractivity contribution in [2.75, 3.05) is 13.7 Å². The van der Waals surface area contributed by atoms with Crippen molar-refractivity contribution in [2.45, 2.75) is 103 Å². The van der Waals surface area contributed by atoms with E-state index < -0.39 is 49.4 Å². The van der Waals surface area contributed by atoms with E-state index >= 15 is 0 Å². The van der Waals surface area contributed by atoms with Crippen molar-refractivity contribution in [1.82, 2.24) is 10.2 Å². The van der Waals surface area contributed by atoms with Crippen LogP contribution in [0.2, 0.25) is 18.1 Å². The first-order valence-electron chi connectivity index (χ1n) is 15.0. The second-order valence-electron chi connectivity index (χ2n) is 14.4. The van der Waals surface area contributed by atoms with E-state index in [0.29, 0.717) is 18.5 Å². The molecule has 0 unspecified atom stereocenters. The highest BCUT2D eigenvalue weighted by Gasteiger charge is 2.49. The number of benzene rings is 2. The van der Waals surface area contributed by atoms with Crippen LogP contribution in [0.4, 0.5) is 4.79 Å². The largest absolute Gasteiger partial charge is 0.543 e. The molecule has 4 atom stereocenters. The first-order valence-corrected chi connectivity index (χ1v) is 17.9. The van der Waals surface area contributed by atoms with Gasteiger partial charge in [0.05, 0.1) is 7.11 Å². The Labute approximate surface area is 258 Å². The molecule has 0 aliphatic carbocycles. The van der Waals surface area contributed by atoms with Crippen LogP contribution in [0.3, 0.4) is 0 Å². The summed E-state index contributed by atoms with van der Waals surface area (Å²) in [5, 5.41) is 2.92. The number of piperidine rings is 1. The van der Waals surface area contributed by atoms with Crippen molar-refractivity contribution in [2.24, 2.45) is 5.92 Å². The number of rotatable bonds is 7. The Bertz CT molecular complexity index is 1300. The highest BCUT2D eigenvalue weighted by molar-refractivity contribution is 6.74. The van der Waals surface area contributed by atoms with E-state index in [1.807, 2.05) is 18.2 Å². The summed E-state index contributed by atoms with van der Waals surface area (Å²) < 4.78 is 17.4. The molecule has 43 heavy (non-hydrogen) atoms. The molecule has 2 aromatic carbocycles. The van der Waals surface area contributed by atoms with E-state index in [0.717, 1.165) is 11.3 Å². The molecule has 8 nitrogen and oxygen atoms in total. The number of carbonyl (C=O) groups excluding carboxylic acids is 3. The zero-order valence-electron chi connectivity index (χ0n) is 27.7. The molecular formula is C34H50N2O6Si. The van der Waals surface area contributed by atoms with Crippen LogP contribution in [-0.2, 0) is 24.5 Å². The molecule has 236 valence electrons. The Balaban J connectivity index is 2.01. The van der Waals surface area contributed by atoms with Gasteiger partial charge in [0.15, 0.2) is 6.04 Å². The second-order valence-corrected chi connectivity index (χ2v) is 19.2. The van der Waals surface area contributed by atoms with Gasteiger partial charge in [-0.05, 0) is 79.9 Å². The minimum absolute atomic E-state index is 0.0160. The molecule has 1 aliphatic heterocycles. The molecule has 2 amide bonds. The average Bonchev–Trinajstić information content (AvgIpc) is 2.91. The summed E-state index contributed by atoms with van der Waals surface area (Å²) >= 11 is 0. The monoisotopic (exact) mass is 610 g/mol. The molecular weight excluding hydrogens is 560 g/mol. The normalized spacial score (nSPS) is 21.9. The van der Waals surface area contributed by atoms with E-state index in [2.05, 4.69) is 65.2 Å². The van der Waals surface area contributed by atoms with Gasteiger partial charge in [0.25, 0.3) is 0 Å². The van der Waals surface area contributed by atoms with Crippen LogP contribution in [0.5, 0.6) is 5.75 Å². The summed E-state index contributed by atoms with van der Waals surface area (Å²) in [4.78, 5) is 41.9. The molecule has 0 saturated carbocycles. The second kappa shape index (κ2) is 12.7. The molecule has 1 N–H and O–H groups in total. The standard InChI is InChI=1S/C34H50N2O6Si/c1-23-22-36(31(39)41-32(2,3)4)27(29(37)35-28(30(38)40-9)24-16-13-12-14-17-24)21-34(23,8)25-18-15-19-26(20-25)42-43(10,11)33(5,6)7/h12-20,23,27-28H,21-22H2,1-11H3,(H,35,37)/t23-,27+,28-,34+/m0/s1. The highest BCUT2D eigenvalue weighted by Crippen LogP contribution is 2.44. The molecule has 9 heteroatoms. The fourth-order valence-electron chi connectivity index (χ4n) is 5.14. The summed E-state index contributed by atoms with van der Waals surface area (Å²) in [5.74, 6) is -0.247. The molecule has 0 bridgehead atoms. The van der Waals surface area contributed by atoms with Gasteiger partial charge >= 0.3 is 12.1 Å². The van der Waals surface area contributed by atoms with Crippen LogP contribution in [0, 0.1) is 5.92 Å². The van der Waals surface area contributed by atoms with Crippen LogP contribution in [-0.4, -0.2) is 56.5 Å². The fraction of sp³-hybridized carbons (Fsp3) is 0.559. The van der Waals surface area contributed by atoms with E-state index in [-0.39, 0.29) is 11.0 Å². The van der Waals surface area contributed by atoms with Gasteiger partial charge in [0, 0.05) is 6.54 Å². The number of hydrogen-bond donors (Lipinski definition) is 1. The van der Waals surface area contributed by atoms with Crippen molar-refractivity contribution in [3.63, 3.8) is 0 Å². The Morgan fingerprint density at radius 3 is 2.19 bits per heavy atom. The number of esters is 1. The van der Waals surface area contributed by atoms with Crippen LogP contribution in [0.1, 0.15) is 79.0 Å². The third-order valence-electron chi connectivity index (χ3n) is 9.01. The minimum Gasteiger partial charge on any atom is -0.543 e. The number of nitrogens with one attached hydrogen (secondary N) is 1. The quantitative estimate of drug-likeness (QED) is 0.268. The number of methoxy groups -OCH3 is 1. The maximum Gasteiger partial charge on any atom is 0.410 e. The van der Waals surface area contributed by atoms with Gasteiger partial charge in [-0.3, -0.25) is 9.69 Å². The third-order valence-corrected chi connectivity index (χ3v) is 13.4. The Kier molecular flexibility index (Phi) is 10.1. The third kappa shape index (κ3) is 7.99. The molecule has 1 fully saturated rings. The molecule has 2 aromatic rings. The number of likely N-dealkylation sites (tertiary alicyclic amines) is 1. The van der Waals surface area contributed by atoms with Gasteiger partial charge in [0.2, 0.25) is 14.2 Å². The Morgan fingerprint density at radius 2 is 1.63 bits per heavy atom. The summed E-state index contributed by atoms with van der Waals surface area (Å²) in [5.41, 5.74) is 0.399. The first-order chi connectivity index (χ1) is 19.8. The maximum atomic E-state index is 14.1. The smallest absolute Gasteiger partial charge is 0.410 e. The predicted octanol–water partition coefficient (Wildman–Crippen LogP) is 7.00. The summed E-state index contributed by atoms with van der Waals surface area (Å²) in [6.45, 7) is 21.0. The molecule has 1 aliphatic rings. The van der Waals surface area contributed by atoms with Crippen LogP contribution in [0.15, 0.2) is 54.6 Å². The fourth-order valence-corrected chi connectivity index (χ4v) is 6.16. The summed E-state index contributed by atoms with van der Waals surface area (Å²) in [6, 6.07) is 15.1. The summed E-state index contributed by atoms with van der Waals surface area (Å²) in [6.07, 6.45) is -0.239. The number of hydrogen-bond acceptors (Lipinski definition) is 6. The summed E-state index contributed by atoms with van der Waals surface area (Å²) in [7, 11) is -0.795. The van der Waals surface area contributed by atoms with Gasteiger partial charge in [-0.2, -0.15) is 0 Å². The first kappa shape index (κ1) is 34.2. The molecule has 1 heterocycles. The number of nitrogens with zero attached hydrogens (tertiary/aromatic N) is 1. The minimum atomic E-state index is -2.08. The van der Waals surface area contributed by atoms with Gasteiger partial charge < -0.3 is 19.2 Å². The van der Waals surface area contributed by atoms with Gasteiger partial charge in [0.1, 0.15) is 17.4 Å². The number of amides is 2. The van der Waals surface area contributed by atoms with Crippen molar-refractivity contribution >= 4 is 26.3 Å². The van der Waals surface area contributed by atoms with Crippen LogP contribution in [0.25, 0.3) is 0 Å². The SMILES string of the molecule is COC(=O)[C@@H](NC(=O)[C@H]1C[C@@](C)(c2cccc(O[Si](C)(C)C(C)(C)C)c2)[C@@H](C)CN1C(=O)OC(C)(C)C)c1ccccc1. The highest BCUT2D eigenvalue weighted by atomic mass is 28.4. The molecule has 0 spiro atoms. The van der Waals surface area contributed by atoms with Crippen LogP contribution < -0.4 is 9.74 Å². The van der Waals surface area contributed by atoms with Gasteiger partial charge in [-0.1, -0.05) is 77.1 Å². The predicted molar refractivity (Wildman–Crippen MR) is 171 cm³/mol. The lowest BCUT2D eigenvalue weighted by atomic mass is 9.65. The van der Waals surface area contributed by atoms with Gasteiger partial charge in [-0.15, -0.1) is 0 Å². The lowest BCUT2D eigenvalue weighted by Crippen LogP contribution is -2.60. The van der Waals surface area contributed by atoms with E-state index in [4.69, 9.17) is 13.9 Å². The zero-order chi connectivity index (χ0) is 32.4. The van der Waals surface area contributed by atoms with Crippen molar-refractivity contribution in [1.29, 1.82) is 0 Å². The molecule has 1 saturated heterocycles. The van der Waals surface area contributed by atoms with E-state index in [1.54, 1.807) is 45.0 Å². The average molecular weight is 611 g/mol. The van der Waals surface area contributed by atoms with E-state index in [9.17, 15) is 14.4 Å². The Morgan fingerprint density at radius 1 is 1.00 bits per heavy atom.